The van der Waals surface area contributed by atoms with Crippen molar-refractivity contribution < 1.29 is 14.3 Å². The number of carbonyl (C=O) groups is 2. The molecule has 0 aliphatic carbocycles. The average molecular weight is 264 g/mol. The Morgan fingerprint density at radius 2 is 2.05 bits per heavy atom. The lowest BCUT2D eigenvalue weighted by molar-refractivity contribution is -0.133. The van der Waals surface area contributed by atoms with Crippen LogP contribution in [0.5, 0.6) is 5.75 Å². The lowest BCUT2D eigenvalue weighted by Crippen LogP contribution is -2.42. The number of esters is 1. The molecule has 0 bridgehead atoms. The molecule has 0 atom stereocenters. The van der Waals surface area contributed by atoms with Gasteiger partial charge in [-0.3, -0.25) is 0 Å². The maximum Gasteiger partial charge on any atom is 0.330 e. The van der Waals surface area contributed by atoms with Gasteiger partial charge in [-0.2, -0.15) is 0 Å². The van der Waals surface area contributed by atoms with Crippen LogP contribution in [0, 0.1) is 0 Å². The van der Waals surface area contributed by atoms with Crippen molar-refractivity contribution in [2.24, 2.45) is 0 Å². The van der Waals surface area contributed by atoms with Crippen LogP contribution in [0.3, 0.4) is 0 Å². The third-order valence-corrected chi connectivity index (χ3v) is 2.35. The molecule has 0 aliphatic rings. The first-order valence-electron chi connectivity index (χ1n) is 6.35. The lowest BCUT2D eigenvalue weighted by atomic mass is 10.2. The fraction of sp³-hybridized carbons (Fsp3) is 0.429. The number of carbonyl (C=O) groups excluding carboxylic acids is 2. The van der Waals surface area contributed by atoms with Crippen molar-refractivity contribution in [2.45, 2.75) is 33.2 Å². The summed E-state index contributed by atoms with van der Waals surface area (Å²) in [5.74, 6) is 0.00239. The largest absolute Gasteiger partial charge is 0.425 e. The number of aryl methyl sites for hydroxylation is 1. The Bertz CT molecular complexity index is 444. The van der Waals surface area contributed by atoms with E-state index in [1.54, 1.807) is 6.07 Å². The Hall–Kier alpha value is -2.04. The van der Waals surface area contributed by atoms with Gasteiger partial charge in [-0.1, -0.05) is 19.1 Å². The Kier molecular flexibility index (Phi) is 5.85. The normalized spacial score (nSPS) is 10.1. The topological polar surface area (TPSA) is 67.4 Å². The highest BCUT2D eigenvalue weighted by Gasteiger charge is 2.08. The summed E-state index contributed by atoms with van der Waals surface area (Å²) in [6, 6.07) is 6.97. The van der Waals surface area contributed by atoms with Gasteiger partial charge in [0.2, 0.25) is 0 Å². The maximum absolute atomic E-state index is 11.5. The quantitative estimate of drug-likeness (QED) is 0.630. The van der Waals surface area contributed by atoms with Crippen molar-refractivity contribution in [1.82, 2.24) is 10.6 Å². The van der Waals surface area contributed by atoms with Crippen LogP contribution in [-0.2, 0) is 11.2 Å². The molecule has 0 spiro atoms. The van der Waals surface area contributed by atoms with Gasteiger partial charge in [0.15, 0.2) is 0 Å². The van der Waals surface area contributed by atoms with Crippen LogP contribution in [0.1, 0.15) is 26.3 Å². The second kappa shape index (κ2) is 7.41. The minimum atomic E-state index is -0.493. The van der Waals surface area contributed by atoms with Crippen molar-refractivity contribution >= 4 is 12.0 Å². The van der Waals surface area contributed by atoms with Gasteiger partial charge < -0.3 is 15.4 Å². The number of amides is 2. The number of hydrogen-bond donors (Lipinski definition) is 2. The molecule has 2 amide bonds. The number of rotatable bonds is 5. The van der Waals surface area contributed by atoms with Crippen molar-refractivity contribution in [3.05, 3.63) is 29.8 Å². The van der Waals surface area contributed by atoms with E-state index in [2.05, 4.69) is 10.6 Å². The zero-order valence-electron chi connectivity index (χ0n) is 11.5. The first-order chi connectivity index (χ1) is 9.01. The molecule has 0 saturated carbocycles. The molecule has 0 heterocycles. The van der Waals surface area contributed by atoms with Crippen LogP contribution >= 0.6 is 0 Å². The van der Waals surface area contributed by atoms with Gasteiger partial charge in [-0.25, -0.2) is 9.59 Å². The molecule has 0 aromatic heterocycles. The van der Waals surface area contributed by atoms with Gasteiger partial charge in [0.25, 0.3) is 0 Å². The summed E-state index contributed by atoms with van der Waals surface area (Å²) in [6.45, 7) is 5.55. The van der Waals surface area contributed by atoms with Crippen LogP contribution in [0.15, 0.2) is 24.3 Å². The number of urea groups is 1. The molecular weight excluding hydrogens is 244 g/mol. The van der Waals surface area contributed by atoms with Gasteiger partial charge >= 0.3 is 12.0 Å². The molecule has 19 heavy (non-hydrogen) atoms. The van der Waals surface area contributed by atoms with Gasteiger partial charge in [-0.15, -0.1) is 0 Å². The zero-order valence-corrected chi connectivity index (χ0v) is 11.5. The van der Waals surface area contributed by atoms with Crippen molar-refractivity contribution in [2.75, 3.05) is 6.54 Å². The molecule has 0 unspecified atom stereocenters. The van der Waals surface area contributed by atoms with Crippen LogP contribution in [0.25, 0.3) is 0 Å². The Morgan fingerprint density at radius 1 is 1.32 bits per heavy atom. The Labute approximate surface area is 113 Å². The van der Waals surface area contributed by atoms with Crippen LogP contribution < -0.4 is 15.4 Å². The van der Waals surface area contributed by atoms with E-state index in [0.29, 0.717) is 5.75 Å². The molecule has 0 saturated heterocycles. The van der Waals surface area contributed by atoms with E-state index < -0.39 is 5.97 Å². The summed E-state index contributed by atoms with van der Waals surface area (Å²) in [7, 11) is 0. The number of nitrogens with one attached hydrogen (secondary N) is 2. The standard InChI is InChI=1S/C14H20N2O3/c1-4-11-6-5-7-12(8-11)19-13(17)9-15-14(18)16-10(2)3/h5-8,10H,4,9H2,1-3H3,(H2,15,16,18). The summed E-state index contributed by atoms with van der Waals surface area (Å²) in [4.78, 5) is 22.8. The van der Waals surface area contributed by atoms with E-state index in [4.69, 9.17) is 4.74 Å². The predicted molar refractivity (Wildman–Crippen MR) is 73.1 cm³/mol. The highest BCUT2D eigenvalue weighted by Crippen LogP contribution is 2.13. The molecule has 5 nitrogen and oxygen atoms in total. The minimum absolute atomic E-state index is 0.0252. The lowest BCUT2D eigenvalue weighted by Gasteiger charge is -2.10. The summed E-state index contributed by atoms with van der Waals surface area (Å²) in [5.41, 5.74) is 1.09. The Balaban J connectivity index is 2.40. The van der Waals surface area contributed by atoms with Crippen LogP contribution in [-0.4, -0.2) is 24.6 Å². The highest BCUT2D eigenvalue weighted by molar-refractivity contribution is 5.81. The van der Waals surface area contributed by atoms with Crippen molar-refractivity contribution in [3.63, 3.8) is 0 Å². The molecule has 0 radical (unpaired) electrons. The summed E-state index contributed by atoms with van der Waals surface area (Å²) in [5, 5.41) is 5.06. The third kappa shape index (κ3) is 5.90. The first-order valence-corrected chi connectivity index (χ1v) is 6.35. The molecule has 5 heteroatoms. The molecule has 1 aromatic rings. The smallest absolute Gasteiger partial charge is 0.330 e. The molecule has 1 aromatic carbocycles. The molecule has 0 aliphatic heterocycles. The van der Waals surface area contributed by atoms with E-state index in [0.717, 1.165) is 12.0 Å². The van der Waals surface area contributed by atoms with Gasteiger partial charge in [0, 0.05) is 6.04 Å². The van der Waals surface area contributed by atoms with Crippen molar-refractivity contribution in [3.8, 4) is 5.75 Å². The number of ether oxygens (including phenoxy) is 1. The van der Waals surface area contributed by atoms with Crippen LogP contribution in [0.2, 0.25) is 0 Å². The average Bonchev–Trinajstić information content (AvgIpc) is 2.36. The van der Waals surface area contributed by atoms with Crippen LogP contribution in [0.4, 0.5) is 4.79 Å². The van der Waals surface area contributed by atoms with Crippen molar-refractivity contribution in [1.29, 1.82) is 0 Å². The Morgan fingerprint density at radius 3 is 2.68 bits per heavy atom. The molecular formula is C14H20N2O3. The van der Waals surface area contributed by atoms with E-state index in [1.165, 1.54) is 0 Å². The van der Waals surface area contributed by atoms with Gasteiger partial charge in [-0.05, 0) is 38.0 Å². The van der Waals surface area contributed by atoms with E-state index in [1.807, 2.05) is 39.0 Å². The third-order valence-electron chi connectivity index (χ3n) is 2.35. The van der Waals surface area contributed by atoms with Gasteiger partial charge in [0.1, 0.15) is 12.3 Å². The summed E-state index contributed by atoms with van der Waals surface area (Å²) in [6.07, 6.45) is 0.875. The zero-order chi connectivity index (χ0) is 14.3. The molecule has 104 valence electrons. The number of benzene rings is 1. The molecule has 0 fully saturated rings. The molecule has 1 rings (SSSR count). The minimum Gasteiger partial charge on any atom is -0.425 e. The fourth-order valence-corrected chi connectivity index (χ4v) is 1.46. The second-order valence-electron chi connectivity index (χ2n) is 4.46. The maximum atomic E-state index is 11.5. The summed E-state index contributed by atoms with van der Waals surface area (Å²) >= 11 is 0. The SMILES string of the molecule is CCc1cccc(OC(=O)CNC(=O)NC(C)C)c1. The number of hydrogen-bond acceptors (Lipinski definition) is 3. The summed E-state index contributed by atoms with van der Waals surface area (Å²) < 4.78 is 5.13. The molecule has 2 N–H and O–H groups in total. The first kappa shape index (κ1) is 15.0. The highest BCUT2D eigenvalue weighted by atomic mass is 16.5. The van der Waals surface area contributed by atoms with E-state index in [-0.39, 0.29) is 18.6 Å². The monoisotopic (exact) mass is 264 g/mol. The second-order valence-corrected chi connectivity index (χ2v) is 4.46. The predicted octanol–water partition coefficient (Wildman–Crippen LogP) is 1.86. The van der Waals surface area contributed by atoms with Gasteiger partial charge in [0.05, 0.1) is 0 Å². The van der Waals surface area contributed by atoms with E-state index in [9.17, 15) is 9.59 Å². The fourth-order valence-electron chi connectivity index (χ4n) is 1.46. The van der Waals surface area contributed by atoms with E-state index >= 15 is 0 Å².